The van der Waals surface area contributed by atoms with Crippen molar-refractivity contribution in [2.75, 3.05) is 5.32 Å². The van der Waals surface area contributed by atoms with E-state index in [0.717, 1.165) is 10.0 Å². The normalized spacial score (nSPS) is 11.9. The highest BCUT2D eigenvalue weighted by molar-refractivity contribution is 9.10. The van der Waals surface area contributed by atoms with Gasteiger partial charge < -0.3 is 10.4 Å². The van der Waals surface area contributed by atoms with Crippen LogP contribution in [0, 0.1) is 12.7 Å². The van der Waals surface area contributed by atoms with E-state index < -0.39 is 17.8 Å². The van der Waals surface area contributed by atoms with Gasteiger partial charge in [-0.05, 0) is 31.2 Å². The van der Waals surface area contributed by atoms with Crippen molar-refractivity contribution in [1.29, 1.82) is 0 Å². The van der Waals surface area contributed by atoms with Crippen LogP contribution in [0.2, 0.25) is 0 Å². The lowest BCUT2D eigenvalue weighted by molar-refractivity contribution is -0.138. The minimum atomic E-state index is -1.14. The zero-order valence-electron chi connectivity index (χ0n) is 10.7. The van der Waals surface area contributed by atoms with Crippen LogP contribution in [0.3, 0.4) is 0 Å². The molecular weight excluding hydrogens is 325 g/mol. The SMILES string of the molecule is Cc1ccc(F)c(C(Nc2cccc(Br)c2)C(=O)O)c1. The number of aryl methyl sites for hydroxylation is 1. The lowest BCUT2D eigenvalue weighted by Gasteiger charge is -2.17. The Morgan fingerprint density at radius 2 is 2.05 bits per heavy atom. The fourth-order valence-electron chi connectivity index (χ4n) is 1.90. The van der Waals surface area contributed by atoms with Gasteiger partial charge in [0.2, 0.25) is 0 Å². The predicted octanol–water partition coefficient (Wildman–Crippen LogP) is 4.13. The number of aliphatic carboxylic acids is 1. The maximum absolute atomic E-state index is 13.8. The highest BCUT2D eigenvalue weighted by atomic mass is 79.9. The van der Waals surface area contributed by atoms with Crippen LogP contribution in [-0.4, -0.2) is 11.1 Å². The molecule has 0 aliphatic rings. The van der Waals surface area contributed by atoms with Crippen LogP contribution in [0.1, 0.15) is 17.2 Å². The summed E-state index contributed by atoms with van der Waals surface area (Å²) in [5.74, 6) is -1.67. The molecule has 1 unspecified atom stereocenters. The Labute approximate surface area is 124 Å². The van der Waals surface area contributed by atoms with Gasteiger partial charge in [-0.25, -0.2) is 9.18 Å². The van der Waals surface area contributed by atoms with Crippen LogP contribution in [0.15, 0.2) is 46.9 Å². The van der Waals surface area contributed by atoms with Gasteiger partial charge in [-0.15, -0.1) is 0 Å². The van der Waals surface area contributed by atoms with Crippen molar-refractivity contribution in [2.45, 2.75) is 13.0 Å². The molecule has 2 rings (SSSR count). The monoisotopic (exact) mass is 337 g/mol. The van der Waals surface area contributed by atoms with Crippen molar-refractivity contribution in [1.82, 2.24) is 0 Å². The van der Waals surface area contributed by atoms with E-state index >= 15 is 0 Å². The Morgan fingerprint density at radius 3 is 2.70 bits per heavy atom. The summed E-state index contributed by atoms with van der Waals surface area (Å²) in [7, 11) is 0. The Bertz CT molecular complexity index is 646. The number of hydrogen-bond donors (Lipinski definition) is 2. The topological polar surface area (TPSA) is 49.3 Å². The van der Waals surface area contributed by atoms with E-state index in [2.05, 4.69) is 21.2 Å². The number of halogens is 2. The molecule has 0 bridgehead atoms. The smallest absolute Gasteiger partial charge is 0.330 e. The summed E-state index contributed by atoms with van der Waals surface area (Å²) in [6.07, 6.45) is 0. The van der Waals surface area contributed by atoms with Gasteiger partial charge >= 0.3 is 5.97 Å². The Morgan fingerprint density at radius 1 is 1.30 bits per heavy atom. The van der Waals surface area contributed by atoms with Gasteiger partial charge in [0.15, 0.2) is 6.04 Å². The van der Waals surface area contributed by atoms with Crippen molar-refractivity contribution in [3.63, 3.8) is 0 Å². The second kappa shape index (κ2) is 6.05. The largest absolute Gasteiger partial charge is 0.479 e. The highest BCUT2D eigenvalue weighted by Crippen LogP contribution is 2.25. The Balaban J connectivity index is 2.37. The van der Waals surface area contributed by atoms with Gasteiger partial charge in [-0.3, -0.25) is 0 Å². The summed E-state index contributed by atoms with van der Waals surface area (Å²) in [5, 5.41) is 12.2. The van der Waals surface area contributed by atoms with Crippen LogP contribution in [0.4, 0.5) is 10.1 Å². The first kappa shape index (κ1) is 14.5. The lowest BCUT2D eigenvalue weighted by Crippen LogP contribution is -2.21. The molecule has 0 saturated heterocycles. The molecule has 2 aromatic rings. The van der Waals surface area contributed by atoms with Crippen molar-refractivity contribution in [3.05, 3.63) is 63.9 Å². The van der Waals surface area contributed by atoms with Gasteiger partial charge in [-0.2, -0.15) is 0 Å². The molecule has 0 heterocycles. The van der Waals surface area contributed by atoms with Gasteiger partial charge in [0, 0.05) is 15.7 Å². The molecule has 5 heteroatoms. The fraction of sp³-hybridized carbons (Fsp3) is 0.133. The third-order valence-electron chi connectivity index (χ3n) is 2.85. The molecule has 0 aromatic heterocycles. The molecule has 2 N–H and O–H groups in total. The van der Waals surface area contributed by atoms with Gasteiger partial charge in [0.1, 0.15) is 5.82 Å². The number of carbonyl (C=O) groups is 1. The number of anilines is 1. The summed E-state index contributed by atoms with van der Waals surface area (Å²) in [5.41, 5.74) is 1.54. The van der Waals surface area contributed by atoms with Crippen LogP contribution < -0.4 is 5.32 Å². The molecule has 0 fully saturated rings. The van der Waals surface area contributed by atoms with Crippen LogP contribution in [0.5, 0.6) is 0 Å². The van der Waals surface area contributed by atoms with E-state index in [1.54, 1.807) is 37.3 Å². The average molecular weight is 338 g/mol. The molecule has 0 radical (unpaired) electrons. The summed E-state index contributed by atoms with van der Waals surface area (Å²) >= 11 is 3.31. The third-order valence-corrected chi connectivity index (χ3v) is 3.34. The Kier molecular flexibility index (Phi) is 4.39. The second-order valence-corrected chi connectivity index (χ2v) is 5.37. The number of carboxylic acid groups (broad SMARTS) is 1. The fourth-order valence-corrected chi connectivity index (χ4v) is 2.30. The number of hydrogen-bond acceptors (Lipinski definition) is 2. The molecule has 0 aliphatic heterocycles. The summed E-state index contributed by atoms with van der Waals surface area (Å²) in [6, 6.07) is 10.4. The number of rotatable bonds is 4. The van der Waals surface area contributed by atoms with Gasteiger partial charge in [0.05, 0.1) is 0 Å². The Hall–Kier alpha value is -1.88. The molecule has 20 heavy (non-hydrogen) atoms. The first-order valence-corrected chi connectivity index (χ1v) is 6.77. The van der Waals surface area contributed by atoms with Crippen LogP contribution >= 0.6 is 15.9 Å². The molecular formula is C15H13BrFNO2. The van der Waals surface area contributed by atoms with E-state index in [1.807, 2.05) is 6.07 Å². The van der Waals surface area contributed by atoms with Crippen molar-refractivity contribution in [3.8, 4) is 0 Å². The molecule has 0 spiro atoms. The molecule has 0 amide bonds. The van der Waals surface area contributed by atoms with E-state index in [9.17, 15) is 14.3 Å². The van der Waals surface area contributed by atoms with Crippen molar-refractivity contribution >= 4 is 27.6 Å². The van der Waals surface area contributed by atoms with Crippen molar-refractivity contribution in [2.24, 2.45) is 0 Å². The highest BCUT2D eigenvalue weighted by Gasteiger charge is 2.23. The third kappa shape index (κ3) is 3.36. The number of nitrogens with one attached hydrogen (secondary N) is 1. The minimum absolute atomic E-state index is 0.123. The molecule has 1 atom stereocenters. The van der Waals surface area contributed by atoms with E-state index in [1.165, 1.54) is 6.07 Å². The first-order valence-electron chi connectivity index (χ1n) is 5.98. The van der Waals surface area contributed by atoms with Crippen LogP contribution in [-0.2, 0) is 4.79 Å². The predicted molar refractivity (Wildman–Crippen MR) is 79.3 cm³/mol. The number of carboxylic acids is 1. The van der Waals surface area contributed by atoms with Gasteiger partial charge in [-0.1, -0.05) is 39.7 Å². The minimum Gasteiger partial charge on any atom is -0.479 e. The van der Waals surface area contributed by atoms with E-state index in [0.29, 0.717) is 5.69 Å². The van der Waals surface area contributed by atoms with E-state index in [4.69, 9.17) is 0 Å². The summed E-state index contributed by atoms with van der Waals surface area (Å²) < 4.78 is 14.7. The maximum Gasteiger partial charge on any atom is 0.330 e. The zero-order valence-corrected chi connectivity index (χ0v) is 12.3. The summed E-state index contributed by atoms with van der Waals surface area (Å²) in [4.78, 5) is 11.4. The standard InChI is InChI=1S/C15H13BrFNO2/c1-9-5-6-13(17)12(7-9)14(15(19)20)18-11-4-2-3-10(16)8-11/h2-8,14,18H,1H3,(H,19,20). The number of benzene rings is 2. The van der Waals surface area contributed by atoms with Gasteiger partial charge in [0.25, 0.3) is 0 Å². The lowest BCUT2D eigenvalue weighted by atomic mass is 10.0. The first-order chi connectivity index (χ1) is 9.47. The molecule has 104 valence electrons. The molecule has 0 saturated carbocycles. The second-order valence-electron chi connectivity index (χ2n) is 4.45. The van der Waals surface area contributed by atoms with Crippen molar-refractivity contribution < 1.29 is 14.3 Å². The zero-order chi connectivity index (χ0) is 14.7. The quantitative estimate of drug-likeness (QED) is 0.881. The molecule has 0 aliphatic carbocycles. The molecule has 3 nitrogen and oxygen atoms in total. The molecule has 2 aromatic carbocycles. The maximum atomic E-state index is 13.8. The van der Waals surface area contributed by atoms with Crippen LogP contribution in [0.25, 0.3) is 0 Å². The van der Waals surface area contributed by atoms with E-state index in [-0.39, 0.29) is 5.56 Å². The average Bonchev–Trinajstić information content (AvgIpc) is 2.39. The summed E-state index contributed by atoms with van der Waals surface area (Å²) in [6.45, 7) is 1.79.